The highest BCUT2D eigenvalue weighted by atomic mass is 32.1. The molecule has 1 aromatic heterocycles. The van der Waals surface area contributed by atoms with Crippen LogP contribution in [0.1, 0.15) is 28.4 Å². The molecular formula is C23H17N3OS. The molecule has 136 valence electrons. The molecule has 0 radical (unpaired) electrons. The normalized spacial score (nSPS) is 10.6. The molecule has 3 aromatic carbocycles. The molecule has 1 heterocycles. The number of nitrogens with zero attached hydrogens (tertiary/aromatic N) is 3. The predicted octanol–water partition coefficient (Wildman–Crippen LogP) is 5.71. The number of benzene rings is 3. The minimum atomic E-state index is -0.208. The Bertz CT molecular complexity index is 1160. The fourth-order valence-corrected chi connectivity index (χ4v) is 3.99. The van der Waals surface area contributed by atoms with E-state index in [-0.39, 0.29) is 5.91 Å². The number of carbonyl (C=O) groups is 1. The number of nitriles is 1. The number of anilines is 2. The van der Waals surface area contributed by atoms with E-state index in [1.54, 1.807) is 29.2 Å². The highest BCUT2D eigenvalue weighted by Gasteiger charge is 2.23. The number of thiazole rings is 1. The maximum Gasteiger partial charge on any atom is 0.264 e. The van der Waals surface area contributed by atoms with Crippen LogP contribution in [0, 0.1) is 11.3 Å². The van der Waals surface area contributed by atoms with Gasteiger partial charge in [0.15, 0.2) is 5.13 Å². The molecule has 0 aliphatic heterocycles. The number of rotatable bonds is 4. The molecule has 5 heteroatoms. The number of hydrogen-bond donors (Lipinski definition) is 0. The van der Waals surface area contributed by atoms with Gasteiger partial charge in [0.1, 0.15) is 0 Å². The van der Waals surface area contributed by atoms with E-state index in [9.17, 15) is 10.1 Å². The van der Waals surface area contributed by atoms with E-state index < -0.39 is 0 Å². The second-order valence-electron chi connectivity index (χ2n) is 6.32. The summed E-state index contributed by atoms with van der Waals surface area (Å²) in [5.74, 6) is -0.208. The van der Waals surface area contributed by atoms with Crippen LogP contribution in [0.25, 0.3) is 10.2 Å². The Morgan fingerprint density at radius 1 is 1.07 bits per heavy atom. The quantitative estimate of drug-likeness (QED) is 0.453. The van der Waals surface area contributed by atoms with E-state index >= 15 is 0 Å². The molecule has 0 aliphatic rings. The SMILES string of the molecule is CCc1ccc(N(C(=O)c2cccc(C#N)c2)c2nc3ccccc3s2)cc1. The molecule has 0 unspecified atom stereocenters. The van der Waals surface area contributed by atoms with Gasteiger partial charge < -0.3 is 0 Å². The zero-order valence-electron chi connectivity index (χ0n) is 15.3. The Kier molecular flexibility index (Phi) is 4.88. The van der Waals surface area contributed by atoms with E-state index in [2.05, 4.69) is 18.0 Å². The van der Waals surface area contributed by atoms with Crippen LogP contribution < -0.4 is 4.90 Å². The predicted molar refractivity (Wildman–Crippen MR) is 113 cm³/mol. The van der Waals surface area contributed by atoms with Crippen molar-refractivity contribution in [1.82, 2.24) is 4.98 Å². The minimum absolute atomic E-state index is 0.208. The number of fused-ring (bicyclic) bond motifs is 1. The van der Waals surface area contributed by atoms with Crippen LogP contribution >= 0.6 is 11.3 Å². The summed E-state index contributed by atoms with van der Waals surface area (Å²) in [5.41, 5.74) is 3.72. The van der Waals surface area contributed by atoms with Crippen molar-refractivity contribution in [2.75, 3.05) is 4.90 Å². The van der Waals surface area contributed by atoms with E-state index in [0.717, 1.165) is 22.3 Å². The molecule has 0 saturated heterocycles. The summed E-state index contributed by atoms with van der Waals surface area (Å²) in [6.45, 7) is 2.10. The summed E-state index contributed by atoms with van der Waals surface area (Å²) in [5, 5.41) is 9.79. The Balaban J connectivity index is 1.84. The van der Waals surface area contributed by atoms with Crippen LogP contribution in [0.5, 0.6) is 0 Å². The third-order valence-corrected chi connectivity index (χ3v) is 5.54. The molecule has 0 atom stereocenters. The number of carbonyl (C=O) groups excluding carboxylic acids is 1. The topological polar surface area (TPSA) is 57.0 Å². The van der Waals surface area contributed by atoms with Crippen LogP contribution in [0.2, 0.25) is 0 Å². The molecule has 4 nitrogen and oxygen atoms in total. The second kappa shape index (κ2) is 7.63. The van der Waals surface area contributed by atoms with Crippen molar-refractivity contribution >= 4 is 38.3 Å². The van der Waals surface area contributed by atoms with Crippen LogP contribution in [0.4, 0.5) is 10.8 Å². The van der Waals surface area contributed by atoms with Gasteiger partial charge in [0.2, 0.25) is 0 Å². The van der Waals surface area contributed by atoms with Gasteiger partial charge in [-0.15, -0.1) is 0 Å². The summed E-state index contributed by atoms with van der Waals surface area (Å²) in [6, 6.07) is 24.6. The van der Waals surface area contributed by atoms with Crippen molar-refractivity contribution in [3.63, 3.8) is 0 Å². The highest BCUT2D eigenvalue weighted by Crippen LogP contribution is 2.34. The van der Waals surface area contributed by atoms with E-state index in [0.29, 0.717) is 16.3 Å². The fourth-order valence-electron chi connectivity index (χ4n) is 3.00. The monoisotopic (exact) mass is 383 g/mol. The molecule has 0 fully saturated rings. The summed E-state index contributed by atoms with van der Waals surface area (Å²) < 4.78 is 1.02. The van der Waals surface area contributed by atoms with Crippen LogP contribution in [-0.4, -0.2) is 10.9 Å². The standard InChI is InChI=1S/C23H17N3OS/c1-2-16-10-12-19(13-11-16)26(22(27)18-7-5-6-17(14-18)15-24)23-25-20-8-3-4-9-21(20)28-23/h3-14H,2H2,1H3. The molecule has 4 rings (SSSR count). The molecule has 0 bridgehead atoms. The lowest BCUT2D eigenvalue weighted by molar-refractivity contribution is 0.0999. The van der Waals surface area contributed by atoms with E-state index in [1.807, 2.05) is 48.5 Å². The van der Waals surface area contributed by atoms with Crippen molar-refractivity contribution in [3.8, 4) is 6.07 Å². The fraction of sp³-hybridized carbons (Fsp3) is 0.0870. The van der Waals surface area contributed by atoms with Crippen LogP contribution in [0.3, 0.4) is 0 Å². The van der Waals surface area contributed by atoms with Gasteiger partial charge in [0.05, 0.1) is 27.5 Å². The van der Waals surface area contributed by atoms with Gasteiger partial charge in [0, 0.05) is 5.56 Å². The highest BCUT2D eigenvalue weighted by molar-refractivity contribution is 7.22. The molecule has 0 spiro atoms. The van der Waals surface area contributed by atoms with Crippen LogP contribution in [-0.2, 0) is 6.42 Å². The number of aryl methyl sites for hydroxylation is 1. The largest absolute Gasteiger partial charge is 0.268 e. The maximum absolute atomic E-state index is 13.4. The van der Waals surface area contributed by atoms with Crippen LogP contribution in [0.15, 0.2) is 72.8 Å². The van der Waals surface area contributed by atoms with Gasteiger partial charge in [-0.3, -0.25) is 9.69 Å². The van der Waals surface area contributed by atoms with Crippen molar-refractivity contribution in [2.24, 2.45) is 0 Å². The number of para-hydroxylation sites is 1. The second-order valence-corrected chi connectivity index (χ2v) is 7.33. The molecule has 1 amide bonds. The average Bonchev–Trinajstić information content (AvgIpc) is 3.18. The van der Waals surface area contributed by atoms with Gasteiger partial charge in [0.25, 0.3) is 5.91 Å². The smallest absolute Gasteiger partial charge is 0.264 e. The summed E-state index contributed by atoms with van der Waals surface area (Å²) in [6.07, 6.45) is 0.930. The number of hydrogen-bond acceptors (Lipinski definition) is 4. The Hall–Kier alpha value is -3.49. The maximum atomic E-state index is 13.4. The average molecular weight is 383 g/mol. The Morgan fingerprint density at radius 2 is 1.86 bits per heavy atom. The van der Waals surface area contributed by atoms with Gasteiger partial charge in [-0.1, -0.05) is 48.6 Å². The minimum Gasteiger partial charge on any atom is -0.268 e. The molecule has 0 aliphatic carbocycles. The zero-order valence-corrected chi connectivity index (χ0v) is 16.1. The van der Waals surface area contributed by atoms with Crippen molar-refractivity contribution in [2.45, 2.75) is 13.3 Å². The van der Waals surface area contributed by atoms with Crippen molar-refractivity contribution < 1.29 is 4.79 Å². The van der Waals surface area contributed by atoms with Gasteiger partial charge in [-0.25, -0.2) is 4.98 Å². The summed E-state index contributed by atoms with van der Waals surface area (Å²) >= 11 is 1.47. The molecule has 28 heavy (non-hydrogen) atoms. The Morgan fingerprint density at radius 3 is 2.57 bits per heavy atom. The van der Waals surface area contributed by atoms with Crippen molar-refractivity contribution in [1.29, 1.82) is 5.26 Å². The van der Waals surface area contributed by atoms with Gasteiger partial charge in [-0.05, 0) is 54.4 Å². The first kappa shape index (κ1) is 17.9. The lowest BCUT2D eigenvalue weighted by Crippen LogP contribution is -2.26. The number of amides is 1. The van der Waals surface area contributed by atoms with E-state index in [1.165, 1.54) is 16.9 Å². The van der Waals surface area contributed by atoms with E-state index in [4.69, 9.17) is 0 Å². The molecule has 4 aromatic rings. The Labute approximate surface area is 167 Å². The van der Waals surface area contributed by atoms with Crippen molar-refractivity contribution in [3.05, 3.63) is 89.5 Å². The first-order valence-corrected chi connectivity index (χ1v) is 9.80. The van der Waals surface area contributed by atoms with Gasteiger partial charge >= 0.3 is 0 Å². The lowest BCUT2D eigenvalue weighted by Gasteiger charge is -2.20. The third-order valence-electron chi connectivity index (χ3n) is 4.52. The molecular weight excluding hydrogens is 366 g/mol. The third kappa shape index (κ3) is 3.38. The molecule has 0 N–H and O–H groups in total. The molecule has 0 saturated carbocycles. The van der Waals surface area contributed by atoms with Gasteiger partial charge in [-0.2, -0.15) is 5.26 Å². The summed E-state index contributed by atoms with van der Waals surface area (Å²) in [7, 11) is 0. The first-order chi connectivity index (χ1) is 13.7. The summed E-state index contributed by atoms with van der Waals surface area (Å²) in [4.78, 5) is 19.7. The zero-order chi connectivity index (χ0) is 19.5. The first-order valence-electron chi connectivity index (χ1n) is 8.98. The lowest BCUT2D eigenvalue weighted by atomic mass is 10.1. The number of aromatic nitrogens is 1.